The van der Waals surface area contributed by atoms with Crippen molar-refractivity contribution in [3.63, 3.8) is 0 Å². The summed E-state index contributed by atoms with van der Waals surface area (Å²) >= 11 is 0. The number of piperidine rings is 1. The molecule has 0 radical (unpaired) electrons. The number of urea groups is 1. The maximum absolute atomic E-state index is 13.8. The van der Waals surface area contributed by atoms with Crippen molar-refractivity contribution >= 4 is 88.3 Å². The third-order valence-electron chi connectivity index (χ3n) is 14.4. The van der Waals surface area contributed by atoms with Gasteiger partial charge < -0.3 is 72.7 Å². The van der Waals surface area contributed by atoms with Crippen LogP contribution < -0.4 is 58.3 Å². The molecule has 2 aliphatic heterocycles. The summed E-state index contributed by atoms with van der Waals surface area (Å²) in [5.41, 5.74) is 14.9. The molecule has 25 nitrogen and oxygen atoms in total. The molecule has 0 aliphatic carbocycles. The van der Waals surface area contributed by atoms with Gasteiger partial charge in [0.25, 0.3) is 5.91 Å². The number of alkyl carbamates (subject to hydrolysis) is 1. The van der Waals surface area contributed by atoms with Crippen LogP contribution in [0.15, 0.2) is 77.4 Å². The third kappa shape index (κ3) is 21.8. The van der Waals surface area contributed by atoms with Crippen molar-refractivity contribution in [1.29, 1.82) is 0 Å². The summed E-state index contributed by atoms with van der Waals surface area (Å²) in [5, 5.41) is 18.7. The molecule has 0 spiro atoms. The quantitative estimate of drug-likeness (QED) is 0.00919. The van der Waals surface area contributed by atoms with E-state index in [9.17, 15) is 60.7 Å². The number of fused-ring (bicyclic) bond motifs is 1. The Morgan fingerprint density at radius 3 is 2.09 bits per heavy atom. The first-order valence-corrected chi connectivity index (χ1v) is 29.9. The van der Waals surface area contributed by atoms with E-state index in [0.717, 1.165) is 12.8 Å². The molecular formula is C62H77F4N13O12. The Balaban J connectivity index is 0.873. The van der Waals surface area contributed by atoms with Crippen LogP contribution in [0.25, 0.3) is 6.08 Å². The fourth-order valence-electron chi connectivity index (χ4n) is 9.61. The van der Waals surface area contributed by atoms with Gasteiger partial charge in [-0.2, -0.15) is 8.78 Å². The highest BCUT2D eigenvalue weighted by atomic mass is 19.2. The molecule has 4 aromatic rings. The second kappa shape index (κ2) is 34.9. The fourth-order valence-corrected chi connectivity index (χ4v) is 9.61. The van der Waals surface area contributed by atoms with Gasteiger partial charge in [0, 0.05) is 93.0 Å². The standard InChI is InChI=1S/C62H77F4N13O12/c1-5-24-79(25-6-2)60(86)41-30-39-11-12-40(31-47(39)75-48(67)32-41)57(83)74-43-15-16-49(72-34-43)78-26-17-38(18-27-78)56(82)69-22-23-71-62(88)90-35-37-9-13-42(14-10-37)73-58(84)46(8-7-21-70-61(68)87)76-59(85)54(36(3)4)77-50(80)19-28-89-29-20-51(81)91-55-52(65)44(63)33-45(64)53(55)66/h9-16,30-31,33-34,36,38,46,54H,5-8,17-29,32,35H2,1-4H3,(H2,67,75)(H,69,82)(H,71,88)(H,73,84)(H,74,83)(H,76,85)(H,77,80)(H3,68,70,87)/t46-,54-/m0/s1. The first-order chi connectivity index (χ1) is 43.5. The maximum Gasteiger partial charge on any atom is 0.407 e. The average molecular weight is 1270 g/mol. The minimum Gasteiger partial charge on any atom is -0.445 e. The van der Waals surface area contributed by atoms with Crippen molar-refractivity contribution in [3.8, 4) is 5.75 Å². The van der Waals surface area contributed by atoms with E-state index in [1.165, 1.54) is 0 Å². The number of hydrogen-bond acceptors (Lipinski definition) is 16. The molecule has 2 aliphatic rings. The number of carbonyl (C=O) groups is 9. The van der Waals surface area contributed by atoms with Gasteiger partial charge in [0.15, 0.2) is 11.6 Å². The summed E-state index contributed by atoms with van der Waals surface area (Å²) in [7, 11) is 0. The van der Waals surface area contributed by atoms with Crippen LogP contribution in [0, 0.1) is 35.1 Å². The van der Waals surface area contributed by atoms with Crippen molar-refractivity contribution in [1.82, 2.24) is 36.5 Å². The van der Waals surface area contributed by atoms with Gasteiger partial charge in [-0.3, -0.25) is 33.6 Å². The molecule has 0 bridgehead atoms. The average Bonchev–Trinajstić information content (AvgIpc) is 2.08. The Kier molecular flexibility index (Phi) is 27.0. The lowest BCUT2D eigenvalue weighted by atomic mass is 9.96. The van der Waals surface area contributed by atoms with Gasteiger partial charge in [-0.05, 0) is 92.5 Å². The zero-order valence-electron chi connectivity index (χ0n) is 51.0. The zero-order valence-corrected chi connectivity index (χ0v) is 51.0. The van der Waals surface area contributed by atoms with Crippen LogP contribution in [0.4, 0.5) is 50.0 Å². The Morgan fingerprint density at radius 2 is 1.44 bits per heavy atom. The summed E-state index contributed by atoms with van der Waals surface area (Å²) in [5.74, 6) is -12.6. The summed E-state index contributed by atoms with van der Waals surface area (Å²) in [6.07, 6.45) is 4.93. The highest BCUT2D eigenvalue weighted by Crippen LogP contribution is 2.30. The molecule has 1 fully saturated rings. The van der Waals surface area contributed by atoms with Crippen LogP contribution in [-0.4, -0.2) is 140 Å². The Morgan fingerprint density at radius 1 is 0.769 bits per heavy atom. The van der Waals surface area contributed by atoms with E-state index in [1.54, 1.807) is 80.7 Å². The molecule has 6 rings (SSSR count). The van der Waals surface area contributed by atoms with Crippen LogP contribution >= 0.6 is 0 Å². The number of ether oxygens (including phenoxy) is 3. The second-order valence-corrected chi connectivity index (χ2v) is 21.8. The van der Waals surface area contributed by atoms with Gasteiger partial charge in [-0.15, -0.1) is 0 Å². The largest absolute Gasteiger partial charge is 0.445 e. The number of nitrogens with two attached hydrogens (primary N) is 2. The van der Waals surface area contributed by atoms with Crippen LogP contribution in [0.5, 0.6) is 5.75 Å². The van der Waals surface area contributed by atoms with Crippen LogP contribution in [0.1, 0.15) is 107 Å². The summed E-state index contributed by atoms with van der Waals surface area (Å²) < 4.78 is 69.6. The molecule has 1 aromatic heterocycles. The maximum atomic E-state index is 13.8. The van der Waals surface area contributed by atoms with Crippen molar-refractivity contribution in [3.05, 3.63) is 112 Å². The summed E-state index contributed by atoms with van der Waals surface area (Å²) in [6.45, 7) is 9.24. The van der Waals surface area contributed by atoms with E-state index in [1.807, 2.05) is 18.7 Å². The topological polar surface area (TPSA) is 349 Å². The number of nitrogens with zero attached hydrogens (tertiary/aromatic N) is 4. The SMILES string of the molecule is CCCN(CCC)C(=O)C1=Cc2ccc(C(=O)Nc3ccc(N4CCC(C(=O)NCCNC(=O)OCc5ccc(NC(=O)[C@H](CCCNC(N)=O)NC(=O)[C@@H](NC(=O)CCOCCC(=O)Oc6c(F)c(F)cc(F)c6F)C(C)C)cc5)CC4)nc3)cc2N=C(N)C1. The van der Waals surface area contributed by atoms with Crippen LogP contribution in [-0.2, 0) is 44.8 Å². The number of rotatable bonds is 31. The number of benzene rings is 3. The number of pyridine rings is 1. The lowest BCUT2D eigenvalue weighted by Crippen LogP contribution is -2.54. The van der Waals surface area contributed by atoms with Gasteiger partial charge in [0.2, 0.25) is 46.9 Å². The molecule has 3 aromatic carbocycles. The predicted molar refractivity (Wildman–Crippen MR) is 328 cm³/mol. The zero-order chi connectivity index (χ0) is 66.1. The second-order valence-electron chi connectivity index (χ2n) is 21.8. The number of halogens is 4. The monoisotopic (exact) mass is 1270 g/mol. The van der Waals surface area contributed by atoms with Crippen molar-refractivity contribution in [2.24, 2.45) is 28.3 Å². The Hall–Kier alpha value is -9.67. The van der Waals surface area contributed by atoms with E-state index < -0.39 is 95.9 Å². The molecule has 1 saturated heterocycles. The van der Waals surface area contributed by atoms with Gasteiger partial charge in [0.1, 0.15) is 30.3 Å². The molecular weight excluding hydrogens is 1190 g/mol. The molecule has 91 heavy (non-hydrogen) atoms. The molecule has 3 heterocycles. The summed E-state index contributed by atoms with van der Waals surface area (Å²) in [4.78, 5) is 129. The first-order valence-electron chi connectivity index (χ1n) is 29.9. The number of primary amides is 1. The molecule has 9 amide bonds. The Bertz CT molecular complexity index is 3280. The molecule has 29 heteroatoms. The minimum atomic E-state index is -1.90. The Labute approximate surface area is 523 Å². The lowest BCUT2D eigenvalue weighted by Gasteiger charge is -2.32. The van der Waals surface area contributed by atoms with E-state index in [-0.39, 0.29) is 94.1 Å². The van der Waals surface area contributed by atoms with Crippen molar-refractivity contribution in [2.75, 3.05) is 74.6 Å². The number of esters is 1. The van der Waals surface area contributed by atoms with Gasteiger partial charge in [0.05, 0.1) is 37.2 Å². The number of anilines is 3. The molecule has 2 atom stereocenters. The lowest BCUT2D eigenvalue weighted by molar-refractivity contribution is -0.136. The molecule has 490 valence electrons. The third-order valence-corrected chi connectivity index (χ3v) is 14.4. The fraction of sp³-hybridized carbons (Fsp3) is 0.435. The molecule has 11 N–H and O–H groups in total. The highest BCUT2D eigenvalue weighted by molar-refractivity contribution is 6.08. The number of aromatic nitrogens is 1. The number of nitrogens with one attached hydrogen (secondary N) is 7. The van der Waals surface area contributed by atoms with Gasteiger partial charge in [-0.1, -0.05) is 45.9 Å². The number of hydrogen-bond donors (Lipinski definition) is 9. The normalized spacial score (nSPS) is 13.6. The molecule has 0 saturated carbocycles. The highest BCUT2D eigenvalue weighted by Gasteiger charge is 2.31. The van der Waals surface area contributed by atoms with Gasteiger partial charge >= 0.3 is 18.1 Å². The van der Waals surface area contributed by atoms with E-state index >= 15 is 0 Å². The number of carbonyl (C=O) groups excluding carboxylic acids is 9. The van der Waals surface area contributed by atoms with Crippen molar-refractivity contribution in [2.45, 2.75) is 104 Å². The van der Waals surface area contributed by atoms with E-state index in [4.69, 9.17) is 20.9 Å². The molecule has 0 unspecified atom stereocenters. The first kappa shape index (κ1) is 70.4. The summed E-state index contributed by atoms with van der Waals surface area (Å²) in [6, 6.07) is 11.8. The van der Waals surface area contributed by atoms with Crippen LogP contribution in [0.2, 0.25) is 0 Å². The van der Waals surface area contributed by atoms with E-state index in [0.29, 0.717) is 84.2 Å². The number of aliphatic imine (C=N–C) groups is 1. The minimum absolute atomic E-state index is 0.0303. The van der Waals surface area contributed by atoms with Crippen LogP contribution in [0.3, 0.4) is 0 Å². The smallest absolute Gasteiger partial charge is 0.407 e. The predicted octanol–water partition coefficient (Wildman–Crippen LogP) is 5.99. The van der Waals surface area contributed by atoms with Crippen molar-refractivity contribution < 1.29 is 74.9 Å². The van der Waals surface area contributed by atoms with Gasteiger partial charge in [-0.25, -0.2) is 28.3 Å². The number of amides is 9. The number of amidine groups is 1. The van der Waals surface area contributed by atoms with E-state index in [2.05, 4.69) is 56.8 Å².